The number of rotatable bonds is 2. The predicted octanol–water partition coefficient (Wildman–Crippen LogP) is 1.47. The van der Waals surface area contributed by atoms with Gasteiger partial charge in [0.15, 0.2) is 0 Å². The number of hydrogen-bond acceptors (Lipinski definition) is 4. The van der Waals surface area contributed by atoms with E-state index in [9.17, 15) is 9.18 Å². The van der Waals surface area contributed by atoms with E-state index < -0.39 is 11.4 Å². The second kappa shape index (κ2) is 4.90. The first-order valence-electron chi connectivity index (χ1n) is 5.39. The molecule has 96 valence electrons. The Hall–Kier alpha value is -2.68. The second-order valence-corrected chi connectivity index (χ2v) is 3.82. The Morgan fingerprint density at radius 2 is 2.16 bits per heavy atom. The summed E-state index contributed by atoms with van der Waals surface area (Å²) in [6.45, 7) is 0. The third-order valence-corrected chi connectivity index (χ3v) is 2.63. The number of ether oxygens (including phenoxy) is 1. The summed E-state index contributed by atoms with van der Waals surface area (Å²) in [4.78, 5) is 11.4. The van der Waals surface area contributed by atoms with Gasteiger partial charge in [0.05, 0.1) is 12.7 Å². The van der Waals surface area contributed by atoms with Crippen LogP contribution in [0.1, 0.15) is 5.56 Å². The first-order valence-corrected chi connectivity index (χ1v) is 5.39. The average molecular weight is 259 g/mol. The van der Waals surface area contributed by atoms with Crippen LogP contribution in [0.4, 0.5) is 4.39 Å². The van der Waals surface area contributed by atoms with E-state index in [1.165, 1.54) is 32.4 Å². The van der Waals surface area contributed by atoms with Crippen molar-refractivity contribution in [2.75, 3.05) is 7.11 Å². The van der Waals surface area contributed by atoms with E-state index in [1.54, 1.807) is 0 Å². The van der Waals surface area contributed by atoms with Gasteiger partial charge in [-0.15, -0.1) is 0 Å². The van der Waals surface area contributed by atoms with E-state index in [1.807, 2.05) is 6.07 Å². The number of halogens is 1. The molecule has 0 bridgehead atoms. The summed E-state index contributed by atoms with van der Waals surface area (Å²) in [5.74, 6) is -0.0978. The van der Waals surface area contributed by atoms with Crippen LogP contribution < -0.4 is 10.3 Å². The molecule has 1 aromatic heterocycles. The van der Waals surface area contributed by atoms with Gasteiger partial charge in [-0.3, -0.25) is 4.79 Å². The molecule has 0 spiro atoms. The molecule has 0 unspecified atom stereocenters. The van der Waals surface area contributed by atoms with Crippen molar-refractivity contribution in [2.45, 2.75) is 0 Å². The molecule has 0 atom stereocenters. The van der Waals surface area contributed by atoms with Gasteiger partial charge < -0.3 is 4.74 Å². The molecule has 6 heteroatoms. The quantitative estimate of drug-likeness (QED) is 0.819. The molecule has 5 nitrogen and oxygen atoms in total. The van der Waals surface area contributed by atoms with E-state index >= 15 is 0 Å². The average Bonchev–Trinajstić information content (AvgIpc) is 2.41. The molecule has 0 aliphatic heterocycles. The van der Waals surface area contributed by atoms with Crippen LogP contribution in [-0.2, 0) is 7.05 Å². The fraction of sp³-hybridized carbons (Fsp3) is 0.154. The Bertz CT molecular complexity index is 732. The lowest BCUT2D eigenvalue weighted by molar-refractivity contribution is 0.415. The van der Waals surface area contributed by atoms with Gasteiger partial charge in [0.2, 0.25) is 0 Å². The predicted molar refractivity (Wildman–Crippen MR) is 66.1 cm³/mol. The summed E-state index contributed by atoms with van der Waals surface area (Å²) < 4.78 is 19.6. The monoisotopic (exact) mass is 259 g/mol. The van der Waals surface area contributed by atoms with Gasteiger partial charge in [-0.2, -0.15) is 10.4 Å². The SMILES string of the molecule is COc1ccc(F)cc1-c1nn(C)c(=O)cc1C#N. The molecular formula is C13H10FN3O2. The maximum Gasteiger partial charge on any atom is 0.267 e. The molecule has 0 aliphatic carbocycles. The summed E-state index contributed by atoms with van der Waals surface area (Å²) in [5, 5.41) is 13.1. The molecule has 0 fully saturated rings. The van der Waals surface area contributed by atoms with Crippen molar-refractivity contribution < 1.29 is 9.13 Å². The Morgan fingerprint density at radius 1 is 1.42 bits per heavy atom. The maximum absolute atomic E-state index is 13.3. The molecule has 0 N–H and O–H groups in total. The normalized spacial score (nSPS) is 10.0. The Kier molecular flexibility index (Phi) is 3.29. The lowest BCUT2D eigenvalue weighted by Gasteiger charge is -2.10. The van der Waals surface area contributed by atoms with Crippen molar-refractivity contribution in [3.05, 3.63) is 46.0 Å². The van der Waals surface area contributed by atoms with E-state index in [0.29, 0.717) is 11.3 Å². The number of methoxy groups -OCH3 is 1. The zero-order valence-corrected chi connectivity index (χ0v) is 10.3. The van der Waals surface area contributed by atoms with Crippen molar-refractivity contribution in [1.29, 1.82) is 5.26 Å². The van der Waals surface area contributed by atoms with E-state index in [2.05, 4.69) is 5.10 Å². The highest BCUT2D eigenvalue weighted by atomic mass is 19.1. The summed E-state index contributed by atoms with van der Waals surface area (Å²) in [6.07, 6.45) is 0. The molecule has 0 amide bonds. The fourth-order valence-corrected chi connectivity index (χ4v) is 1.69. The van der Waals surface area contributed by atoms with Crippen LogP contribution in [0.15, 0.2) is 29.1 Å². The van der Waals surface area contributed by atoms with Crippen LogP contribution in [0.25, 0.3) is 11.3 Å². The summed E-state index contributed by atoms with van der Waals surface area (Å²) in [5.41, 5.74) is 0.207. The highest BCUT2D eigenvalue weighted by molar-refractivity contribution is 5.71. The molecule has 0 saturated carbocycles. The lowest BCUT2D eigenvalue weighted by Crippen LogP contribution is -2.20. The van der Waals surface area contributed by atoms with Crippen LogP contribution >= 0.6 is 0 Å². The number of nitriles is 1. The smallest absolute Gasteiger partial charge is 0.267 e. The fourth-order valence-electron chi connectivity index (χ4n) is 1.69. The van der Waals surface area contributed by atoms with Gasteiger partial charge in [0, 0.05) is 18.7 Å². The number of benzene rings is 1. The zero-order chi connectivity index (χ0) is 14.0. The van der Waals surface area contributed by atoms with Crippen molar-refractivity contribution in [3.63, 3.8) is 0 Å². The largest absolute Gasteiger partial charge is 0.496 e. The molecular weight excluding hydrogens is 249 g/mol. The highest BCUT2D eigenvalue weighted by Crippen LogP contribution is 2.30. The molecule has 1 aromatic carbocycles. The van der Waals surface area contributed by atoms with E-state index in [0.717, 1.165) is 10.7 Å². The molecule has 2 rings (SSSR count). The minimum Gasteiger partial charge on any atom is -0.496 e. The van der Waals surface area contributed by atoms with Crippen molar-refractivity contribution in [1.82, 2.24) is 9.78 Å². The number of aryl methyl sites for hydroxylation is 1. The third-order valence-electron chi connectivity index (χ3n) is 2.63. The van der Waals surface area contributed by atoms with Crippen LogP contribution in [0.5, 0.6) is 5.75 Å². The molecule has 0 aliphatic rings. The molecule has 1 heterocycles. The van der Waals surface area contributed by atoms with Crippen molar-refractivity contribution >= 4 is 0 Å². The molecule has 19 heavy (non-hydrogen) atoms. The van der Waals surface area contributed by atoms with Gasteiger partial charge in [-0.05, 0) is 18.2 Å². The zero-order valence-electron chi connectivity index (χ0n) is 10.3. The van der Waals surface area contributed by atoms with Crippen LogP contribution in [0, 0.1) is 17.1 Å². The first-order chi connectivity index (χ1) is 9.06. The first kappa shape index (κ1) is 12.8. The van der Waals surface area contributed by atoms with Crippen LogP contribution in [0.3, 0.4) is 0 Å². The van der Waals surface area contributed by atoms with Crippen molar-refractivity contribution in [2.24, 2.45) is 7.05 Å². The maximum atomic E-state index is 13.3. The minimum atomic E-state index is -0.477. The van der Waals surface area contributed by atoms with Crippen molar-refractivity contribution in [3.8, 4) is 23.1 Å². The van der Waals surface area contributed by atoms with Gasteiger partial charge in [0.1, 0.15) is 23.3 Å². The summed E-state index contributed by atoms with van der Waals surface area (Å²) in [7, 11) is 2.89. The number of hydrogen-bond donors (Lipinski definition) is 0. The third kappa shape index (κ3) is 2.31. The summed E-state index contributed by atoms with van der Waals surface area (Å²) >= 11 is 0. The summed E-state index contributed by atoms with van der Waals surface area (Å²) in [6, 6.07) is 6.94. The Labute approximate surface area is 108 Å². The Balaban J connectivity index is 2.78. The van der Waals surface area contributed by atoms with Crippen LogP contribution in [-0.4, -0.2) is 16.9 Å². The molecule has 2 aromatic rings. The van der Waals surface area contributed by atoms with Gasteiger partial charge >= 0.3 is 0 Å². The molecule has 0 radical (unpaired) electrons. The van der Waals surface area contributed by atoms with E-state index in [-0.39, 0.29) is 11.3 Å². The lowest BCUT2D eigenvalue weighted by atomic mass is 10.1. The minimum absolute atomic E-state index is 0.0759. The standard InChI is InChI=1S/C13H10FN3O2/c1-17-12(18)5-8(7-15)13(16-17)10-6-9(14)3-4-11(10)19-2/h3-6H,1-2H3. The second-order valence-electron chi connectivity index (χ2n) is 3.82. The van der Waals surface area contributed by atoms with Gasteiger partial charge in [-0.1, -0.05) is 0 Å². The number of nitrogens with zero attached hydrogens (tertiary/aromatic N) is 3. The van der Waals surface area contributed by atoms with Crippen LogP contribution in [0.2, 0.25) is 0 Å². The van der Waals surface area contributed by atoms with E-state index in [4.69, 9.17) is 10.00 Å². The van der Waals surface area contributed by atoms with Gasteiger partial charge in [0.25, 0.3) is 5.56 Å². The highest BCUT2D eigenvalue weighted by Gasteiger charge is 2.15. The Morgan fingerprint density at radius 3 is 2.79 bits per heavy atom. The topological polar surface area (TPSA) is 67.9 Å². The molecule has 0 saturated heterocycles. The number of aromatic nitrogens is 2. The van der Waals surface area contributed by atoms with Gasteiger partial charge in [-0.25, -0.2) is 9.07 Å².